The van der Waals surface area contributed by atoms with Crippen LogP contribution in [0.15, 0.2) is 41.7 Å². The fourth-order valence-electron chi connectivity index (χ4n) is 4.79. The lowest BCUT2D eigenvalue weighted by Crippen LogP contribution is -2.41. The molecular weight excluding hydrogens is 448 g/mol. The second-order valence-electron chi connectivity index (χ2n) is 8.47. The quantitative estimate of drug-likeness (QED) is 0.605. The number of fused-ring (bicyclic) bond motifs is 1. The smallest absolute Gasteiger partial charge is 0.263 e. The zero-order valence-electron chi connectivity index (χ0n) is 18.0. The van der Waals surface area contributed by atoms with Crippen molar-refractivity contribution in [3.8, 4) is 5.75 Å². The normalized spacial score (nSPS) is 24.0. The van der Waals surface area contributed by atoms with E-state index in [-0.39, 0.29) is 22.1 Å². The molecule has 0 saturated carbocycles. The highest BCUT2D eigenvalue weighted by Gasteiger charge is 2.37. The molecular formula is C21H26N6O3S2. The third-order valence-electron chi connectivity index (χ3n) is 6.39. The topological polar surface area (TPSA) is 102 Å². The number of piperidine rings is 1. The number of hydrogen-bond acceptors (Lipinski definition) is 8. The summed E-state index contributed by atoms with van der Waals surface area (Å²) in [6.45, 7) is 3.84. The van der Waals surface area contributed by atoms with Gasteiger partial charge in [0.2, 0.25) is 5.13 Å². The summed E-state index contributed by atoms with van der Waals surface area (Å²) in [5.41, 5.74) is 2.25. The van der Waals surface area contributed by atoms with E-state index in [0.29, 0.717) is 18.3 Å². The molecule has 32 heavy (non-hydrogen) atoms. The number of aromatic nitrogens is 4. The molecule has 1 fully saturated rings. The second kappa shape index (κ2) is 8.45. The number of hydrogen-bond donors (Lipinski definition) is 1. The van der Waals surface area contributed by atoms with E-state index in [4.69, 9.17) is 4.74 Å². The summed E-state index contributed by atoms with van der Waals surface area (Å²) in [6, 6.07) is 7.70. The van der Waals surface area contributed by atoms with Gasteiger partial charge < -0.3 is 4.74 Å². The molecule has 0 aliphatic carbocycles. The van der Waals surface area contributed by atoms with E-state index in [1.54, 1.807) is 12.1 Å². The minimum absolute atomic E-state index is 0.155. The first kappa shape index (κ1) is 21.4. The van der Waals surface area contributed by atoms with Crippen molar-refractivity contribution in [3.63, 3.8) is 0 Å². The fraction of sp³-hybridized carbons (Fsp3) is 0.476. The SMILES string of the molecule is C[C@H]1CCN([C@@H]2CCOc3cc(S(=O)(=O)Nc4ncns4)ccc32)[C@@H](c2ccnn2C)C1. The predicted octanol–water partition coefficient (Wildman–Crippen LogP) is 3.37. The maximum atomic E-state index is 12.8. The minimum atomic E-state index is -3.77. The summed E-state index contributed by atoms with van der Waals surface area (Å²) in [7, 11) is -1.77. The Kier molecular flexibility index (Phi) is 5.64. The Morgan fingerprint density at radius 2 is 2.09 bits per heavy atom. The van der Waals surface area contributed by atoms with Crippen LogP contribution in [0.25, 0.3) is 0 Å². The van der Waals surface area contributed by atoms with Gasteiger partial charge in [-0.3, -0.25) is 14.3 Å². The highest BCUT2D eigenvalue weighted by atomic mass is 32.2. The average molecular weight is 475 g/mol. The maximum absolute atomic E-state index is 12.8. The van der Waals surface area contributed by atoms with Gasteiger partial charge in [-0.1, -0.05) is 13.0 Å². The van der Waals surface area contributed by atoms with Crippen LogP contribution in [0.4, 0.5) is 5.13 Å². The third-order valence-corrected chi connectivity index (χ3v) is 8.44. The number of rotatable bonds is 5. The Bertz CT molecular complexity index is 1190. The Morgan fingerprint density at radius 3 is 2.84 bits per heavy atom. The molecule has 2 aliphatic heterocycles. The zero-order valence-corrected chi connectivity index (χ0v) is 19.6. The molecule has 9 nitrogen and oxygen atoms in total. The van der Waals surface area contributed by atoms with Gasteiger partial charge in [-0.25, -0.2) is 13.4 Å². The van der Waals surface area contributed by atoms with Gasteiger partial charge in [0.25, 0.3) is 10.0 Å². The van der Waals surface area contributed by atoms with Gasteiger partial charge in [0.05, 0.1) is 23.2 Å². The highest BCUT2D eigenvalue weighted by molar-refractivity contribution is 7.93. The van der Waals surface area contributed by atoms with Crippen LogP contribution in [-0.2, 0) is 17.1 Å². The van der Waals surface area contributed by atoms with Crippen LogP contribution in [0, 0.1) is 5.92 Å². The molecule has 5 rings (SSSR count). The molecule has 2 aromatic heterocycles. The monoisotopic (exact) mass is 474 g/mol. The molecule has 0 amide bonds. The van der Waals surface area contributed by atoms with E-state index < -0.39 is 10.0 Å². The molecule has 0 spiro atoms. The lowest BCUT2D eigenvalue weighted by molar-refractivity contribution is 0.0450. The molecule has 0 radical (unpaired) electrons. The summed E-state index contributed by atoms with van der Waals surface area (Å²) < 4.78 is 39.8. The second-order valence-corrected chi connectivity index (χ2v) is 10.9. The first-order valence-corrected chi connectivity index (χ1v) is 13.0. The van der Waals surface area contributed by atoms with Gasteiger partial charge in [0, 0.05) is 48.9 Å². The summed E-state index contributed by atoms with van der Waals surface area (Å²) in [5.74, 6) is 1.27. The molecule has 4 heterocycles. The Balaban J connectivity index is 1.46. The summed E-state index contributed by atoms with van der Waals surface area (Å²) in [4.78, 5) is 6.61. The van der Waals surface area contributed by atoms with Crippen LogP contribution in [0.1, 0.15) is 49.5 Å². The van der Waals surface area contributed by atoms with Crippen molar-refractivity contribution < 1.29 is 13.2 Å². The van der Waals surface area contributed by atoms with E-state index in [1.807, 2.05) is 24.0 Å². The number of benzene rings is 1. The van der Waals surface area contributed by atoms with E-state index in [1.165, 1.54) is 12.0 Å². The molecule has 1 saturated heterocycles. The third kappa shape index (κ3) is 4.00. The van der Waals surface area contributed by atoms with E-state index in [9.17, 15) is 8.42 Å². The minimum Gasteiger partial charge on any atom is -0.493 e. The Labute approximate surface area is 191 Å². The standard InChI is InChI=1S/C21H26N6O3S2/c1-14-6-9-27(19(11-14)18-5-8-23-26(18)2)17-7-10-30-20-12-15(3-4-16(17)20)32(28,29)25-21-22-13-24-31-21/h3-5,8,12-14,17,19H,6-7,9-11H2,1-2H3,(H,22,24,25)/t14-,17+,19+/m0/s1. The first-order valence-electron chi connectivity index (χ1n) is 10.7. The zero-order chi connectivity index (χ0) is 22.3. The lowest BCUT2D eigenvalue weighted by atomic mass is 9.87. The van der Waals surface area contributed by atoms with Crippen molar-refractivity contribution in [2.45, 2.75) is 43.2 Å². The van der Waals surface area contributed by atoms with Crippen molar-refractivity contribution in [2.24, 2.45) is 13.0 Å². The van der Waals surface area contributed by atoms with E-state index in [2.05, 4.69) is 37.1 Å². The number of nitrogens with one attached hydrogen (secondary N) is 1. The molecule has 3 atom stereocenters. The van der Waals surface area contributed by atoms with Crippen molar-refractivity contribution in [1.29, 1.82) is 0 Å². The van der Waals surface area contributed by atoms with Crippen molar-refractivity contribution in [3.05, 3.63) is 48.0 Å². The average Bonchev–Trinajstić information content (AvgIpc) is 3.44. The largest absolute Gasteiger partial charge is 0.493 e. The van der Waals surface area contributed by atoms with Gasteiger partial charge >= 0.3 is 0 Å². The fourth-order valence-corrected chi connectivity index (χ4v) is 6.47. The van der Waals surface area contributed by atoms with Crippen LogP contribution in [0.3, 0.4) is 0 Å². The van der Waals surface area contributed by atoms with Crippen LogP contribution in [0.2, 0.25) is 0 Å². The van der Waals surface area contributed by atoms with Gasteiger partial charge in [-0.2, -0.15) is 9.47 Å². The summed E-state index contributed by atoms with van der Waals surface area (Å²) >= 11 is 0.996. The van der Waals surface area contributed by atoms with Crippen LogP contribution in [0.5, 0.6) is 5.75 Å². The maximum Gasteiger partial charge on any atom is 0.263 e. The van der Waals surface area contributed by atoms with E-state index in [0.717, 1.165) is 42.9 Å². The molecule has 0 bridgehead atoms. The van der Waals surface area contributed by atoms with E-state index >= 15 is 0 Å². The number of anilines is 1. The summed E-state index contributed by atoms with van der Waals surface area (Å²) in [5, 5.41) is 4.63. The molecule has 2 aliphatic rings. The number of ether oxygens (including phenoxy) is 1. The molecule has 170 valence electrons. The lowest BCUT2D eigenvalue weighted by Gasteiger charge is -2.45. The van der Waals surface area contributed by atoms with Gasteiger partial charge in [-0.05, 0) is 37.4 Å². The van der Waals surface area contributed by atoms with Gasteiger partial charge in [-0.15, -0.1) is 0 Å². The predicted molar refractivity (Wildman–Crippen MR) is 121 cm³/mol. The summed E-state index contributed by atoms with van der Waals surface area (Å²) in [6.07, 6.45) is 6.25. The van der Waals surface area contributed by atoms with Crippen molar-refractivity contribution in [2.75, 3.05) is 17.9 Å². The van der Waals surface area contributed by atoms with Crippen LogP contribution in [-0.4, -0.2) is 45.6 Å². The van der Waals surface area contributed by atoms with Crippen molar-refractivity contribution in [1.82, 2.24) is 24.0 Å². The number of nitrogens with zero attached hydrogens (tertiary/aromatic N) is 5. The van der Waals surface area contributed by atoms with Gasteiger partial charge in [0.15, 0.2) is 0 Å². The van der Waals surface area contributed by atoms with Crippen LogP contribution < -0.4 is 9.46 Å². The number of aryl methyl sites for hydroxylation is 1. The van der Waals surface area contributed by atoms with Crippen molar-refractivity contribution >= 4 is 26.7 Å². The molecule has 11 heteroatoms. The first-order chi connectivity index (χ1) is 15.4. The Hall–Kier alpha value is -2.50. The molecule has 3 aromatic rings. The molecule has 0 unspecified atom stereocenters. The molecule has 1 aromatic carbocycles. The van der Waals surface area contributed by atoms with Gasteiger partial charge in [0.1, 0.15) is 12.1 Å². The molecule has 1 N–H and O–H groups in total. The number of sulfonamides is 1. The highest BCUT2D eigenvalue weighted by Crippen LogP contribution is 2.45. The van der Waals surface area contributed by atoms with Crippen LogP contribution >= 0.6 is 11.5 Å². The Morgan fingerprint density at radius 1 is 1.22 bits per heavy atom. The number of likely N-dealkylation sites (tertiary alicyclic amines) is 1.